The molecule has 3 rings (SSSR count). The molecule has 0 aliphatic carbocycles. The van der Waals surface area contributed by atoms with Crippen LogP contribution >= 0.6 is 11.6 Å². The van der Waals surface area contributed by atoms with E-state index in [4.69, 9.17) is 21.1 Å². The number of amides is 3. The predicted molar refractivity (Wildman–Crippen MR) is 139 cm³/mol. The van der Waals surface area contributed by atoms with Gasteiger partial charge in [0.1, 0.15) is 18.1 Å². The first-order valence-corrected chi connectivity index (χ1v) is 11.1. The molecule has 10 heteroatoms. The number of nitrogens with one attached hydrogen (secondary N) is 3. The molecule has 3 aromatic rings. The number of benzene rings is 3. The largest absolute Gasteiger partial charge is 0.490 e. The number of carbonyl (C=O) groups excluding carboxylic acids is 3. The van der Waals surface area contributed by atoms with Gasteiger partial charge in [0.05, 0.1) is 6.21 Å². The van der Waals surface area contributed by atoms with Crippen molar-refractivity contribution in [2.45, 2.75) is 0 Å². The van der Waals surface area contributed by atoms with Crippen LogP contribution in [0.3, 0.4) is 0 Å². The molecule has 9 nitrogen and oxygen atoms in total. The first-order valence-electron chi connectivity index (χ1n) is 10.7. The quantitative estimate of drug-likeness (QED) is 0.166. The molecule has 0 bridgehead atoms. The Morgan fingerprint density at radius 1 is 0.861 bits per heavy atom. The minimum atomic E-state index is -0.927. The second-order valence-electron chi connectivity index (χ2n) is 7.19. The summed E-state index contributed by atoms with van der Waals surface area (Å²) in [4.78, 5) is 36.0. The molecule has 0 atom stereocenters. The SMILES string of the molecule is C=CCOc1ccc(NC(=O)C(=O)N/N=C\c2ccc(OCC(=O)Nc3cccc(Cl)c3)cc2)cc1. The minimum Gasteiger partial charge on any atom is -0.490 e. The van der Waals surface area contributed by atoms with E-state index >= 15 is 0 Å². The molecule has 0 saturated heterocycles. The number of hydrogen-bond donors (Lipinski definition) is 3. The van der Waals surface area contributed by atoms with Gasteiger partial charge in [-0.3, -0.25) is 14.4 Å². The van der Waals surface area contributed by atoms with Gasteiger partial charge in [-0.05, 0) is 72.3 Å². The molecule has 0 aliphatic rings. The molecule has 0 spiro atoms. The number of ether oxygens (including phenoxy) is 2. The molecule has 0 aromatic heterocycles. The molecule has 0 saturated carbocycles. The van der Waals surface area contributed by atoms with Crippen LogP contribution in [0, 0.1) is 0 Å². The van der Waals surface area contributed by atoms with E-state index in [0.717, 1.165) is 0 Å². The molecule has 0 heterocycles. The van der Waals surface area contributed by atoms with E-state index in [2.05, 4.69) is 27.7 Å². The predicted octanol–water partition coefficient (Wildman–Crippen LogP) is 4.01. The second kappa shape index (κ2) is 13.3. The summed E-state index contributed by atoms with van der Waals surface area (Å²) in [6.07, 6.45) is 2.99. The maximum atomic E-state index is 12.0. The third-order valence-corrected chi connectivity index (χ3v) is 4.66. The lowest BCUT2D eigenvalue weighted by molar-refractivity contribution is -0.136. The fraction of sp³-hybridized carbons (Fsp3) is 0.0769. The number of hydrogen-bond acceptors (Lipinski definition) is 6. The number of nitrogens with zero attached hydrogens (tertiary/aromatic N) is 1. The Morgan fingerprint density at radius 3 is 2.25 bits per heavy atom. The normalized spacial score (nSPS) is 10.4. The number of rotatable bonds is 10. The lowest BCUT2D eigenvalue weighted by Gasteiger charge is -2.08. The molecule has 3 N–H and O–H groups in total. The van der Waals surface area contributed by atoms with Crippen LogP contribution in [-0.2, 0) is 14.4 Å². The van der Waals surface area contributed by atoms with Gasteiger partial charge < -0.3 is 20.1 Å². The third kappa shape index (κ3) is 8.62. The van der Waals surface area contributed by atoms with Crippen LogP contribution in [0.5, 0.6) is 11.5 Å². The van der Waals surface area contributed by atoms with E-state index in [1.54, 1.807) is 78.9 Å². The van der Waals surface area contributed by atoms with Crippen molar-refractivity contribution >= 4 is 46.9 Å². The topological polar surface area (TPSA) is 118 Å². The summed E-state index contributed by atoms with van der Waals surface area (Å²) in [6, 6.07) is 20.0. The zero-order valence-electron chi connectivity index (χ0n) is 19.1. The van der Waals surface area contributed by atoms with Gasteiger partial charge in [-0.1, -0.05) is 30.3 Å². The Hall–Kier alpha value is -4.63. The van der Waals surface area contributed by atoms with Crippen molar-refractivity contribution in [2.24, 2.45) is 5.10 Å². The lowest BCUT2D eigenvalue weighted by Crippen LogP contribution is -2.32. The van der Waals surface area contributed by atoms with Gasteiger partial charge in [-0.2, -0.15) is 5.10 Å². The first kappa shape index (κ1) is 26.0. The van der Waals surface area contributed by atoms with Crippen LogP contribution in [0.4, 0.5) is 11.4 Å². The molecule has 184 valence electrons. The maximum Gasteiger partial charge on any atom is 0.329 e. The lowest BCUT2D eigenvalue weighted by atomic mass is 10.2. The van der Waals surface area contributed by atoms with Crippen molar-refractivity contribution in [1.29, 1.82) is 0 Å². The molecular formula is C26H23ClN4O5. The summed E-state index contributed by atoms with van der Waals surface area (Å²) in [7, 11) is 0. The smallest absolute Gasteiger partial charge is 0.329 e. The zero-order valence-corrected chi connectivity index (χ0v) is 19.8. The minimum absolute atomic E-state index is 0.185. The van der Waals surface area contributed by atoms with Crippen molar-refractivity contribution in [3.8, 4) is 11.5 Å². The summed E-state index contributed by atoms with van der Waals surface area (Å²) < 4.78 is 10.8. The summed E-state index contributed by atoms with van der Waals surface area (Å²) in [5.74, 6) is -1.05. The highest BCUT2D eigenvalue weighted by molar-refractivity contribution is 6.39. The van der Waals surface area contributed by atoms with E-state index < -0.39 is 11.8 Å². The second-order valence-corrected chi connectivity index (χ2v) is 7.63. The van der Waals surface area contributed by atoms with Crippen LogP contribution in [0.15, 0.2) is 90.6 Å². The summed E-state index contributed by atoms with van der Waals surface area (Å²) in [5, 5.41) is 9.45. The number of halogens is 1. The Labute approximate surface area is 212 Å². The Morgan fingerprint density at radius 2 is 1.56 bits per heavy atom. The fourth-order valence-electron chi connectivity index (χ4n) is 2.76. The van der Waals surface area contributed by atoms with Crippen LogP contribution in [0.25, 0.3) is 0 Å². The maximum absolute atomic E-state index is 12.0. The van der Waals surface area contributed by atoms with Crippen LogP contribution in [-0.4, -0.2) is 37.1 Å². The highest BCUT2D eigenvalue weighted by atomic mass is 35.5. The van der Waals surface area contributed by atoms with Gasteiger partial charge in [-0.25, -0.2) is 5.43 Å². The molecule has 0 radical (unpaired) electrons. The first-order chi connectivity index (χ1) is 17.4. The Bertz CT molecular complexity index is 1240. The average Bonchev–Trinajstić information content (AvgIpc) is 2.87. The number of anilines is 2. The van der Waals surface area contributed by atoms with Crippen LogP contribution in [0.1, 0.15) is 5.56 Å². The highest BCUT2D eigenvalue weighted by Gasteiger charge is 2.13. The van der Waals surface area contributed by atoms with Gasteiger partial charge in [0.2, 0.25) is 0 Å². The number of hydrazone groups is 1. The Kier molecular flexibility index (Phi) is 9.60. The van der Waals surface area contributed by atoms with Crippen LogP contribution < -0.4 is 25.5 Å². The van der Waals surface area contributed by atoms with Crippen molar-refractivity contribution in [3.05, 3.63) is 96.0 Å². The van der Waals surface area contributed by atoms with E-state index in [-0.39, 0.29) is 12.5 Å². The third-order valence-electron chi connectivity index (χ3n) is 4.42. The molecular weight excluding hydrogens is 484 g/mol. The molecule has 0 unspecified atom stereocenters. The van der Waals surface area contributed by atoms with Crippen molar-refractivity contribution in [1.82, 2.24) is 5.43 Å². The Balaban J connectivity index is 1.41. The van der Waals surface area contributed by atoms with Crippen molar-refractivity contribution < 1.29 is 23.9 Å². The molecule has 3 amide bonds. The van der Waals surface area contributed by atoms with E-state index in [0.29, 0.717) is 40.1 Å². The van der Waals surface area contributed by atoms with Gasteiger partial charge in [0.15, 0.2) is 6.61 Å². The van der Waals surface area contributed by atoms with Crippen molar-refractivity contribution in [2.75, 3.05) is 23.8 Å². The summed E-state index contributed by atoms with van der Waals surface area (Å²) in [6.45, 7) is 3.75. The van der Waals surface area contributed by atoms with E-state index in [1.807, 2.05) is 0 Å². The van der Waals surface area contributed by atoms with Crippen molar-refractivity contribution in [3.63, 3.8) is 0 Å². The van der Waals surface area contributed by atoms with Gasteiger partial charge >= 0.3 is 11.8 Å². The van der Waals surface area contributed by atoms with E-state index in [1.165, 1.54) is 6.21 Å². The fourth-order valence-corrected chi connectivity index (χ4v) is 2.95. The average molecular weight is 507 g/mol. The van der Waals surface area contributed by atoms with E-state index in [9.17, 15) is 14.4 Å². The van der Waals surface area contributed by atoms with Gasteiger partial charge in [-0.15, -0.1) is 0 Å². The summed E-state index contributed by atoms with van der Waals surface area (Å²) >= 11 is 5.89. The summed E-state index contributed by atoms with van der Waals surface area (Å²) in [5.41, 5.74) is 3.81. The van der Waals surface area contributed by atoms with Gasteiger partial charge in [0, 0.05) is 16.4 Å². The van der Waals surface area contributed by atoms with Crippen LogP contribution in [0.2, 0.25) is 5.02 Å². The monoisotopic (exact) mass is 506 g/mol. The van der Waals surface area contributed by atoms with Gasteiger partial charge in [0.25, 0.3) is 5.91 Å². The molecule has 3 aromatic carbocycles. The zero-order chi connectivity index (χ0) is 25.8. The molecule has 0 aliphatic heterocycles. The number of carbonyl (C=O) groups is 3. The highest BCUT2D eigenvalue weighted by Crippen LogP contribution is 2.16. The molecule has 36 heavy (non-hydrogen) atoms. The molecule has 0 fully saturated rings. The standard InChI is InChI=1S/C26H23ClN4O5/c1-2-14-35-22-12-8-20(9-13-22)30-25(33)26(34)31-28-16-18-6-10-23(11-7-18)36-17-24(32)29-21-5-3-4-19(27)15-21/h2-13,15-16H,1,14,17H2,(H,29,32)(H,30,33)(H,31,34)/b28-16-.